The number of carbonyl (C=O) groups is 1. The van der Waals surface area contributed by atoms with Crippen LogP contribution in [0.5, 0.6) is 5.75 Å². The van der Waals surface area contributed by atoms with Gasteiger partial charge in [0.05, 0.1) is 33.3 Å². The van der Waals surface area contributed by atoms with E-state index in [4.69, 9.17) is 4.74 Å². The Morgan fingerprint density at radius 1 is 1.14 bits per heavy atom. The van der Waals surface area contributed by atoms with Crippen LogP contribution >= 0.6 is 0 Å². The first-order valence-electron chi connectivity index (χ1n) is 9.94. The number of hydrogen-bond acceptors (Lipinski definition) is 3. The van der Waals surface area contributed by atoms with Crippen LogP contribution in [0.2, 0.25) is 0 Å². The summed E-state index contributed by atoms with van der Waals surface area (Å²) in [6.45, 7) is 6.64. The molecule has 0 unspecified atom stereocenters. The van der Waals surface area contributed by atoms with Gasteiger partial charge in [0.2, 0.25) is 0 Å². The minimum absolute atomic E-state index is 0.0639. The summed E-state index contributed by atoms with van der Waals surface area (Å²) in [6, 6.07) is 11.3. The van der Waals surface area contributed by atoms with Gasteiger partial charge in [-0.05, 0) is 48.9 Å². The van der Waals surface area contributed by atoms with E-state index in [9.17, 15) is 13.6 Å². The summed E-state index contributed by atoms with van der Waals surface area (Å²) >= 11 is 0. The highest BCUT2D eigenvalue weighted by molar-refractivity contribution is 5.77. The molecule has 1 saturated heterocycles. The molecule has 1 fully saturated rings. The molecule has 29 heavy (non-hydrogen) atoms. The van der Waals surface area contributed by atoms with Crippen molar-refractivity contribution >= 4 is 11.6 Å². The molecule has 1 aliphatic rings. The normalized spacial score (nSPS) is 14.7. The number of rotatable bonds is 7. The molecule has 0 radical (unpaired) electrons. The minimum atomic E-state index is -0.420. The molecule has 0 aromatic heterocycles. The van der Waals surface area contributed by atoms with E-state index >= 15 is 0 Å². The summed E-state index contributed by atoms with van der Waals surface area (Å²) in [6.07, 6.45) is 0. The molecule has 0 saturated carbocycles. The molecule has 1 aliphatic heterocycles. The Morgan fingerprint density at radius 2 is 1.83 bits per heavy atom. The number of hydrogen-bond donors (Lipinski definition) is 1. The zero-order chi connectivity index (χ0) is 20.8. The fourth-order valence-corrected chi connectivity index (χ4v) is 3.64. The van der Waals surface area contributed by atoms with E-state index in [1.54, 1.807) is 29.2 Å². The highest BCUT2D eigenvalue weighted by atomic mass is 19.1. The second kappa shape index (κ2) is 9.69. The second-order valence-corrected chi connectivity index (χ2v) is 7.27. The fourth-order valence-electron chi connectivity index (χ4n) is 3.64. The second-order valence-electron chi connectivity index (χ2n) is 7.27. The van der Waals surface area contributed by atoms with E-state index in [1.807, 2.05) is 6.92 Å². The molecular formula is C22H28F2N3O2+. The van der Waals surface area contributed by atoms with Gasteiger partial charge in [0.1, 0.15) is 5.82 Å². The van der Waals surface area contributed by atoms with Gasteiger partial charge in [-0.25, -0.2) is 8.78 Å². The average molecular weight is 404 g/mol. The number of ether oxygens (including phenoxy) is 1. The molecule has 156 valence electrons. The predicted molar refractivity (Wildman–Crippen MR) is 108 cm³/mol. The van der Waals surface area contributed by atoms with Crippen molar-refractivity contribution in [3.63, 3.8) is 0 Å². The molecule has 0 atom stereocenters. The van der Waals surface area contributed by atoms with E-state index < -0.39 is 5.82 Å². The highest BCUT2D eigenvalue weighted by Gasteiger charge is 2.24. The van der Waals surface area contributed by atoms with Crippen molar-refractivity contribution in [3.8, 4) is 5.75 Å². The van der Waals surface area contributed by atoms with Gasteiger partial charge in [-0.15, -0.1) is 0 Å². The zero-order valence-corrected chi connectivity index (χ0v) is 17.0. The minimum Gasteiger partial charge on any atom is -0.494 e. The van der Waals surface area contributed by atoms with Gasteiger partial charge < -0.3 is 19.4 Å². The molecule has 5 nitrogen and oxygen atoms in total. The maximum absolute atomic E-state index is 13.9. The smallest absolute Gasteiger partial charge is 0.278 e. The maximum Gasteiger partial charge on any atom is 0.278 e. The van der Waals surface area contributed by atoms with Crippen LogP contribution in [0.1, 0.15) is 12.5 Å². The number of piperazine rings is 1. The molecule has 0 bridgehead atoms. The average Bonchev–Trinajstić information content (AvgIpc) is 2.73. The molecule has 2 aromatic carbocycles. The number of quaternary nitrogens is 1. The number of benzene rings is 2. The molecule has 1 N–H and O–H groups in total. The first-order valence-corrected chi connectivity index (χ1v) is 9.94. The lowest BCUT2D eigenvalue weighted by molar-refractivity contribution is -0.892. The summed E-state index contributed by atoms with van der Waals surface area (Å²) in [5.41, 5.74) is 1.75. The van der Waals surface area contributed by atoms with Gasteiger partial charge in [-0.3, -0.25) is 4.79 Å². The molecule has 3 rings (SSSR count). The Balaban J connectivity index is 1.52. The largest absolute Gasteiger partial charge is 0.494 e. The Morgan fingerprint density at radius 3 is 2.41 bits per heavy atom. The standard InChI is InChI=1S/C22H27F2N3O2/c1-3-26(15-17-4-9-21(29-2)20(24)14-17)22(28)16-25-10-12-27(13-11-25)19-7-5-18(23)6-8-19/h4-9,14H,3,10-13,15-16H2,1-2H3/p+1. The van der Waals surface area contributed by atoms with Gasteiger partial charge in [0, 0.05) is 18.8 Å². The van der Waals surface area contributed by atoms with E-state index in [0.29, 0.717) is 19.6 Å². The lowest BCUT2D eigenvalue weighted by Crippen LogP contribution is -3.15. The monoisotopic (exact) mass is 404 g/mol. The highest BCUT2D eigenvalue weighted by Crippen LogP contribution is 2.19. The van der Waals surface area contributed by atoms with Gasteiger partial charge in [0.25, 0.3) is 5.91 Å². The third-order valence-corrected chi connectivity index (χ3v) is 5.39. The molecule has 2 aromatic rings. The first kappa shape index (κ1) is 21.0. The van der Waals surface area contributed by atoms with Gasteiger partial charge in [-0.1, -0.05) is 6.07 Å². The summed E-state index contributed by atoms with van der Waals surface area (Å²) in [4.78, 5) is 18.0. The number of nitrogens with zero attached hydrogens (tertiary/aromatic N) is 2. The van der Waals surface area contributed by atoms with Crippen LogP contribution in [0.25, 0.3) is 0 Å². The number of likely N-dealkylation sites (N-methyl/N-ethyl adjacent to an activating group) is 1. The molecule has 0 spiro atoms. The molecular weight excluding hydrogens is 376 g/mol. The lowest BCUT2D eigenvalue weighted by Gasteiger charge is -2.34. The third kappa shape index (κ3) is 5.44. The number of halogens is 2. The summed E-state index contributed by atoms with van der Waals surface area (Å²) in [7, 11) is 1.43. The Bertz CT molecular complexity index is 821. The third-order valence-electron chi connectivity index (χ3n) is 5.39. The van der Waals surface area contributed by atoms with Crippen LogP contribution in [0.15, 0.2) is 42.5 Å². The van der Waals surface area contributed by atoms with Crippen LogP contribution in [0.3, 0.4) is 0 Å². The van der Waals surface area contributed by atoms with Crippen LogP contribution in [0.4, 0.5) is 14.5 Å². The van der Waals surface area contributed by atoms with Crippen LogP contribution in [0, 0.1) is 11.6 Å². The number of amides is 1. The van der Waals surface area contributed by atoms with Crippen LogP contribution in [-0.4, -0.2) is 57.2 Å². The zero-order valence-electron chi connectivity index (χ0n) is 17.0. The van der Waals surface area contributed by atoms with Crippen molar-refractivity contribution in [2.24, 2.45) is 0 Å². The molecule has 0 aliphatic carbocycles. The Hall–Kier alpha value is -2.67. The van der Waals surface area contributed by atoms with Gasteiger partial charge in [-0.2, -0.15) is 0 Å². The molecule has 1 heterocycles. The van der Waals surface area contributed by atoms with E-state index in [0.717, 1.165) is 37.4 Å². The Labute approximate surface area is 170 Å². The SMILES string of the molecule is CCN(Cc1ccc(OC)c(F)c1)C(=O)C[NH+]1CCN(c2ccc(F)cc2)CC1. The number of anilines is 1. The van der Waals surface area contributed by atoms with Crippen LogP contribution in [-0.2, 0) is 11.3 Å². The topological polar surface area (TPSA) is 37.2 Å². The van der Waals surface area contributed by atoms with E-state index in [-0.39, 0.29) is 17.5 Å². The van der Waals surface area contributed by atoms with Crippen molar-refractivity contribution in [1.82, 2.24) is 4.90 Å². The number of carbonyl (C=O) groups excluding carboxylic acids is 1. The lowest BCUT2D eigenvalue weighted by atomic mass is 10.2. The van der Waals surface area contributed by atoms with Crippen molar-refractivity contribution in [3.05, 3.63) is 59.7 Å². The van der Waals surface area contributed by atoms with E-state index in [2.05, 4.69) is 4.90 Å². The summed E-state index contributed by atoms with van der Waals surface area (Å²) in [5.74, 6) is -0.392. The quantitative estimate of drug-likeness (QED) is 0.764. The first-order chi connectivity index (χ1) is 14.0. The van der Waals surface area contributed by atoms with Gasteiger partial charge in [0.15, 0.2) is 18.1 Å². The molecule has 7 heteroatoms. The van der Waals surface area contributed by atoms with Gasteiger partial charge >= 0.3 is 0 Å². The van der Waals surface area contributed by atoms with E-state index in [1.165, 1.54) is 30.2 Å². The maximum atomic E-state index is 13.9. The molecule has 1 amide bonds. The van der Waals surface area contributed by atoms with Crippen molar-refractivity contribution < 1.29 is 23.2 Å². The van der Waals surface area contributed by atoms with Crippen molar-refractivity contribution in [2.45, 2.75) is 13.5 Å². The fraction of sp³-hybridized carbons (Fsp3) is 0.409. The summed E-state index contributed by atoms with van der Waals surface area (Å²) < 4.78 is 32.0. The predicted octanol–water partition coefficient (Wildman–Crippen LogP) is 1.73. The number of methoxy groups -OCH3 is 1. The summed E-state index contributed by atoms with van der Waals surface area (Å²) in [5, 5.41) is 0. The van der Waals surface area contributed by atoms with Crippen molar-refractivity contribution in [1.29, 1.82) is 0 Å². The van der Waals surface area contributed by atoms with Crippen molar-refractivity contribution in [2.75, 3.05) is 51.3 Å². The van der Waals surface area contributed by atoms with Crippen LogP contribution < -0.4 is 14.5 Å². The Kier molecular flexibility index (Phi) is 7.04. The number of nitrogens with one attached hydrogen (secondary N) is 1.